The second kappa shape index (κ2) is 12.6. The Labute approximate surface area is 442 Å². The third-order valence-corrected chi connectivity index (χ3v) is 20.0. The van der Waals surface area contributed by atoms with Crippen LogP contribution in [0.2, 0.25) is 0 Å². The predicted molar refractivity (Wildman–Crippen MR) is 341 cm³/mol. The highest BCUT2D eigenvalue weighted by atomic mass is 14.3. The molecule has 0 unspecified atom stereocenters. The molecule has 0 bridgehead atoms. The van der Waals surface area contributed by atoms with Gasteiger partial charge in [0.05, 0.1) is 0 Å². The second-order valence-electron chi connectivity index (χ2n) is 23.2. The Hall–Kier alpha value is -10.1. The molecule has 0 heteroatoms. The van der Waals surface area contributed by atoms with Gasteiger partial charge in [-0.05, 0) is 263 Å². The van der Waals surface area contributed by atoms with Gasteiger partial charge in [0.1, 0.15) is 0 Å². The molecule has 22 rings (SSSR count). The Morgan fingerprint density at radius 1 is 0.103 bits per heavy atom. The van der Waals surface area contributed by atoms with Crippen LogP contribution in [0.1, 0.15) is 0 Å². The molecule has 0 heterocycles. The van der Waals surface area contributed by atoms with E-state index in [1.54, 1.807) is 0 Å². The summed E-state index contributed by atoms with van der Waals surface area (Å²) in [5, 5.41) is 56.1. The van der Waals surface area contributed by atoms with Crippen molar-refractivity contribution in [1.29, 1.82) is 0 Å². The summed E-state index contributed by atoms with van der Waals surface area (Å²) < 4.78 is 0. The fourth-order valence-corrected chi connectivity index (χ4v) is 17.0. The zero-order valence-corrected chi connectivity index (χ0v) is 41.8. The lowest BCUT2D eigenvalue weighted by atomic mass is 9.80. The maximum atomic E-state index is 2.61. The molecule has 348 valence electrons. The molecule has 22 aromatic rings. The van der Waals surface area contributed by atoms with Crippen molar-refractivity contribution in [2.24, 2.45) is 0 Å². The van der Waals surface area contributed by atoms with Crippen LogP contribution in [0, 0.1) is 0 Å². The van der Waals surface area contributed by atoms with Crippen LogP contribution in [-0.2, 0) is 0 Å². The van der Waals surface area contributed by atoms with Crippen LogP contribution in [0.15, 0.2) is 218 Å². The minimum Gasteiger partial charge on any atom is -0.0610 e. The van der Waals surface area contributed by atoms with E-state index in [1.165, 1.54) is 226 Å². The van der Waals surface area contributed by atoms with Gasteiger partial charge in [-0.1, -0.05) is 182 Å². The van der Waals surface area contributed by atoms with Gasteiger partial charge in [0, 0.05) is 0 Å². The lowest BCUT2D eigenvalue weighted by Crippen LogP contribution is -1.94. The summed E-state index contributed by atoms with van der Waals surface area (Å²) in [5.74, 6) is 0. The molecular weight excluding hydrogens is 937 g/mol. The zero-order chi connectivity index (χ0) is 49.7. The molecule has 0 saturated heterocycles. The van der Waals surface area contributed by atoms with E-state index in [-0.39, 0.29) is 0 Å². The summed E-state index contributed by atoms with van der Waals surface area (Å²) in [4.78, 5) is 0. The summed E-state index contributed by atoms with van der Waals surface area (Å²) in [5.41, 5.74) is 0. The molecular formula is C78H36. The van der Waals surface area contributed by atoms with Crippen LogP contribution in [0.25, 0.3) is 226 Å². The first-order chi connectivity index (χ1) is 38.7. The van der Waals surface area contributed by atoms with E-state index in [9.17, 15) is 0 Å². The molecule has 0 spiro atoms. The highest BCUT2D eigenvalue weighted by molar-refractivity contribution is 6.50. The van der Waals surface area contributed by atoms with E-state index in [1.807, 2.05) is 0 Å². The third kappa shape index (κ3) is 4.10. The van der Waals surface area contributed by atoms with Crippen LogP contribution in [0.5, 0.6) is 0 Å². The van der Waals surface area contributed by atoms with Crippen molar-refractivity contribution >= 4 is 226 Å². The standard InChI is InChI=1S/C78H36/c1-7-37-19-25-49-55-31-61-62(32-56(55)50-26-20-38-8-2-14-44-43(13-1)67(37)73(49)74(50)68(38)44)64-34-58-52-28-22-40-10-4-17-47-48-18-6-12-42-24-30-54(78(72(42)48)76(52)70(40)47)60(58)36-66(64)65-35-59-53-29-23-41-11-5-16-46-45-15-3-9-39-21-27-51(57(59)33-63(61)65)75(69(39)45)77(53)71(41)46/h1-36H. The summed E-state index contributed by atoms with van der Waals surface area (Å²) in [6.07, 6.45) is 0. The van der Waals surface area contributed by atoms with Crippen molar-refractivity contribution in [3.05, 3.63) is 218 Å². The minimum absolute atomic E-state index is 1.30. The Balaban J connectivity index is 1.01. The molecule has 0 aliphatic carbocycles. The summed E-state index contributed by atoms with van der Waals surface area (Å²) in [7, 11) is 0. The maximum absolute atomic E-state index is 2.61. The first-order valence-corrected chi connectivity index (χ1v) is 27.6. The van der Waals surface area contributed by atoms with E-state index in [4.69, 9.17) is 0 Å². The second-order valence-corrected chi connectivity index (χ2v) is 23.2. The number of hydrogen-bond acceptors (Lipinski definition) is 0. The summed E-state index contributed by atoms with van der Waals surface area (Å²) in [6, 6.07) is 85.9. The van der Waals surface area contributed by atoms with Gasteiger partial charge in [-0.15, -0.1) is 0 Å². The highest BCUT2D eigenvalue weighted by Crippen LogP contribution is 2.55. The van der Waals surface area contributed by atoms with Crippen molar-refractivity contribution in [3.8, 4) is 0 Å². The topological polar surface area (TPSA) is 0 Å². The van der Waals surface area contributed by atoms with Gasteiger partial charge >= 0.3 is 0 Å². The first-order valence-electron chi connectivity index (χ1n) is 27.6. The number of fused-ring (bicyclic) bond motifs is 18. The molecule has 0 aliphatic rings. The Morgan fingerprint density at radius 3 is 0.410 bits per heavy atom. The zero-order valence-electron chi connectivity index (χ0n) is 41.8. The van der Waals surface area contributed by atoms with Gasteiger partial charge in [-0.25, -0.2) is 0 Å². The van der Waals surface area contributed by atoms with E-state index >= 15 is 0 Å². The molecule has 78 heavy (non-hydrogen) atoms. The molecule has 22 aromatic carbocycles. The van der Waals surface area contributed by atoms with Crippen LogP contribution in [0.4, 0.5) is 0 Å². The van der Waals surface area contributed by atoms with Crippen LogP contribution in [-0.4, -0.2) is 0 Å². The highest BCUT2D eigenvalue weighted by Gasteiger charge is 2.26. The van der Waals surface area contributed by atoms with E-state index in [0.717, 1.165) is 0 Å². The van der Waals surface area contributed by atoms with Gasteiger partial charge in [0.15, 0.2) is 0 Å². The fourth-order valence-electron chi connectivity index (χ4n) is 17.0. The Morgan fingerprint density at radius 2 is 0.244 bits per heavy atom. The Kier molecular flexibility index (Phi) is 6.19. The van der Waals surface area contributed by atoms with Crippen molar-refractivity contribution in [1.82, 2.24) is 0 Å². The van der Waals surface area contributed by atoms with Gasteiger partial charge in [0.25, 0.3) is 0 Å². The average molecular weight is 973 g/mol. The quantitative estimate of drug-likeness (QED) is 0.105. The van der Waals surface area contributed by atoms with Crippen LogP contribution in [0.3, 0.4) is 0 Å². The monoisotopic (exact) mass is 972 g/mol. The smallest absolute Gasteiger partial charge is 0.000763 e. The van der Waals surface area contributed by atoms with Crippen molar-refractivity contribution < 1.29 is 0 Å². The summed E-state index contributed by atoms with van der Waals surface area (Å²) >= 11 is 0. The SMILES string of the molecule is c1cc2ccc3c4cc5c6cc7c(cc6c6cc8c(cc6c5cc4c4ccc5cccc6c(c1)c2c3c4c56)c1ccc2cccc3c4cccc5ccc8c(c54)c1c23)c1ccc2cccc3c4cccc5ccc7c(c54)c1c23. The Bertz CT molecular complexity index is 5510. The lowest BCUT2D eigenvalue weighted by Gasteiger charge is -2.23. The third-order valence-electron chi connectivity index (χ3n) is 20.0. The fraction of sp³-hybridized carbons (Fsp3) is 0. The molecule has 0 aromatic heterocycles. The molecule has 0 aliphatic heterocycles. The molecule has 0 fully saturated rings. The van der Waals surface area contributed by atoms with Gasteiger partial charge < -0.3 is 0 Å². The van der Waals surface area contributed by atoms with Gasteiger partial charge in [-0.2, -0.15) is 0 Å². The maximum Gasteiger partial charge on any atom is -0.000763 e. The number of rotatable bonds is 0. The van der Waals surface area contributed by atoms with Crippen molar-refractivity contribution in [2.75, 3.05) is 0 Å². The van der Waals surface area contributed by atoms with E-state index in [2.05, 4.69) is 218 Å². The average Bonchev–Trinajstić information content (AvgIpc) is 3.67. The predicted octanol–water partition coefficient (Wildman–Crippen LogP) is 22.5. The lowest BCUT2D eigenvalue weighted by molar-refractivity contribution is 1.80. The first kappa shape index (κ1) is 38.4. The normalized spacial score (nSPS) is 13.4. The van der Waals surface area contributed by atoms with Crippen LogP contribution >= 0.6 is 0 Å². The van der Waals surface area contributed by atoms with Gasteiger partial charge in [-0.3, -0.25) is 0 Å². The summed E-state index contributed by atoms with van der Waals surface area (Å²) in [6.45, 7) is 0. The minimum atomic E-state index is 1.30. The molecule has 0 nitrogen and oxygen atoms in total. The molecule has 0 radical (unpaired) electrons. The number of benzene rings is 22. The molecule has 0 saturated carbocycles. The van der Waals surface area contributed by atoms with E-state index in [0.29, 0.717) is 0 Å². The van der Waals surface area contributed by atoms with Crippen molar-refractivity contribution in [3.63, 3.8) is 0 Å². The molecule has 0 N–H and O–H groups in total. The molecule has 0 amide bonds. The van der Waals surface area contributed by atoms with E-state index < -0.39 is 0 Å². The molecule has 0 atom stereocenters. The van der Waals surface area contributed by atoms with Gasteiger partial charge in [0.2, 0.25) is 0 Å². The van der Waals surface area contributed by atoms with Crippen molar-refractivity contribution in [2.45, 2.75) is 0 Å². The number of hydrogen-bond donors (Lipinski definition) is 0. The van der Waals surface area contributed by atoms with Crippen LogP contribution < -0.4 is 0 Å². The largest absolute Gasteiger partial charge is 0.0610 e.